The molecule has 0 aliphatic heterocycles. The SMILES string of the molecule is O=C(NC1CCCC1CO)c1cnc(Cl)cn1. The summed E-state index contributed by atoms with van der Waals surface area (Å²) in [6.45, 7) is 0.108. The van der Waals surface area contributed by atoms with Crippen molar-refractivity contribution in [3.8, 4) is 0 Å². The van der Waals surface area contributed by atoms with Crippen molar-refractivity contribution < 1.29 is 9.90 Å². The summed E-state index contributed by atoms with van der Waals surface area (Å²) < 4.78 is 0. The van der Waals surface area contributed by atoms with E-state index in [0.717, 1.165) is 19.3 Å². The zero-order valence-electron chi connectivity index (χ0n) is 9.27. The Morgan fingerprint density at radius 2 is 2.29 bits per heavy atom. The van der Waals surface area contributed by atoms with Gasteiger partial charge in [-0.25, -0.2) is 9.97 Å². The molecule has 1 aromatic heterocycles. The number of nitrogens with one attached hydrogen (secondary N) is 1. The first kappa shape index (κ1) is 12.3. The molecule has 1 amide bonds. The van der Waals surface area contributed by atoms with Crippen molar-refractivity contribution in [2.45, 2.75) is 25.3 Å². The number of aliphatic hydroxyl groups excluding tert-OH is 1. The van der Waals surface area contributed by atoms with Crippen LogP contribution < -0.4 is 5.32 Å². The lowest BCUT2D eigenvalue weighted by molar-refractivity contribution is 0.0910. The highest BCUT2D eigenvalue weighted by molar-refractivity contribution is 6.29. The highest BCUT2D eigenvalue weighted by atomic mass is 35.5. The van der Waals surface area contributed by atoms with Gasteiger partial charge in [0.25, 0.3) is 5.91 Å². The molecule has 0 radical (unpaired) electrons. The molecular weight excluding hydrogens is 242 g/mol. The van der Waals surface area contributed by atoms with Crippen LogP contribution in [0.5, 0.6) is 0 Å². The molecular formula is C11H14ClN3O2. The maximum Gasteiger partial charge on any atom is 0.271 e. The third-order valence-electron chi connectivity index (χ3n) is 3.06. The summed E-state index contributed by atoms with van der Waals surface area (Å²) in [7, 11) is 0. The number of rotatable bonds is 3. The molecule has 1 heterocycles. The summed E-state index contributed by atoms with van der Waals surface area (Å²) in [6.07, 6.45) is 5.57. The predicted octanol–water partition coefficient (Wildman–Crippen LogP) is 1.02. The molecule has 2 rings (SSSR count). The van der Waals surface area contributed by atoms with E-state index in [1.54, 1.807) is 0 Å². The Kier molecular flexibility index (Phi) is 3.91. The maximum atomic E-state index is 11.8. The minimum absolute atomic E-state index is 0.0324. The number of aliphatic hydroxyl groups is 1. The first-order chi connectivity index (χ1) is 8.20. The standard InChI is InChI=1S/C11H14ClN3O2/c12-10-5-13-9(4-14-10)11(17)15-8-3-1-2-7(8)6-16/h4-5,7-8,16H,1-3,6H2,(H,15,17). The lowest BCUT2D eigenvalue weighted by Crippen LogP contribution is -2.38. The fourth-order valence-electron chi connectivity index (χ4n) is 2.12. The van der Waals surface area contributed by atoms with E-state index < -0.39 is 0 Å². The Morgan fingerprint density at radius 1 is 1.47 bits per heavy atom. The normalized spacial score (nSPS) is 23.6. The number of aromatic nitrogens is 2. The fraction of sp³-hybridized carbons (Fsp3) is 0.545. The zero-order valence-corrected chi connectivity index (χ0v) is 10.0. The van der Waals surface area contributed by atoms with Crippen LogP contribution in [0.15, 0.2) is 12.4 Å². The van der Waals surface area contributed by atoms with Crippen LogP contribution in [0.4, 0.5) is 0 Å². The summed E-state index contributed by atoms with van der Waals surface area (Å²) in [4.78, 5) is 19.5. The van der Waals surface area contributed by atoms with Crippen molar-refractivity contribution in [3.63, 3.8) is 0 Å². The average Bonchev–Trinajstić information content (AvgIpc) is 2.77. The zero-order chi connectivity index (χ0) is 12.3. The Hall–Kier alpha value is -1.20. The third-order valence-corrected chi connectivity index (χ3v) is 3.26. The van der Waals surface area contributed by atoms with Crippen molar-refractivity contribution in [2.75, 3.05) is 6.61 Å². The first-order valence-electron chi connectivity index (χ1n) is 5.60. The van der Waals surface area contributed by atoms with Gasteiger partial charge in [-0.2, -0.15) is 0 Å². The molecule has 1 aliphatic rings. The quantitative estimate of drug-likeness (QED) is 0.846. The minimum Gasteiger partial charge on any atom is -0.396 e. The lowest BCUT2D eigenvalue weighted by Gasteiger charge is -2.18. The first-order valence-corrected chi connectivity index (χ1v) is 5.98. The van der Waals surface area contributed by atoms with Gasteiger partial charge in [0.1, 0.15) is 10.8 Å². The molecule has 0 aromatic carbocycles. The maximum absolute atomic E-state index is 11.8. The van der Waals surface area contributed by atoms with Crippen LogP contribution in [0.25, 0.3) is 0 Å². The van der Waals surface area contributed by atoms with Crippen LogP contribution in [-0.4, -0.2) is 33.6 Å². The third kappa shape index (κ3) is 2.92. The van der Waals surface area contributed by atoms with Crippen LogP contribution in [0, 0.1) is 5.92 Å². The molecule has 1 aromatic rings. The van der Waals surface area contributed by atoms with Gasteiger partial charge < -0.3 is 10.4 Å². The summed E-state index contributed by atoms with van der Waals surface area (Å²) in [6, 6.07) is 0.0324. The average molecular weight is 256 g/mol. The van der Waals surface area contributed by atoms with Crippen molar-refractivity contribution in [2.24, 2.45) is 5.92 Å². The molecule has 5 nitrogen and oxygen atoms in total. The lowest BCUT2D eigenvalue weighted by atomic mass is 10.1. The van der Waals surface area contributed by atoms with Gasteiger partial charge in [0.05, 0.1) is 12.4 Å². The monoisotopic (exact) mass is 255 g/mol. The minimum atomic E-state index is -0.264. The molecule has 6 heteroatoms. The number of carbonyl (C=O) groups is 1. The second kappa shape index (κ2) is 5.42. The van der Waals surface area contributed by atoms with Crippen LogP contribution >= 0.6 is 11.6 Å². The van der Waals surface area contributed by atoms with E-state index in [1.165, 1.54) is 12.4 Å². The fourth-order valence-corrected chi connectivity index (χ4v) is 2.21. The number of hydrogen-bond acceptors (Lipinski definition) is 4. The van der Waals surface area contributed by atoms with Crippen LogP contribution in [0.1, 0.15) is 29.8 Å². The molecule has 92 valence electrons. The largest absolute Gasteiger partial charge is 0.396 e. The highest BCUT2D eigenvalue weighted by Crippen LogP contribution is 2.25. The van der Waals surface area contributed by atoms with E-state index in [0.29, 0.717) is 0 Å². The molecule has 2 atom stereocenters. The van der Waals surface area contributed by atoms with E-state index in [-0.39, 0.29) is 35.3 Å². The van der Waals surface area contributed by atoms with Gasteiger partial charge in [-0.1, -0.05) is 18.0 Å². The van der Waals surface area contributed by atoms with E-state index in [9.17, 15) is 4.79 Å². The van der Waals surface area contributed by atoms with Gasteiger partial charge in [0.15, 0.2) is 0 Å². The second-order valence-corrected chi connectivity index (χ2v) is 4.57. The Morgan fingerprint density at radius 3 is 2.94 bits per heavy atom. The number of nitrogens with zero attached hydrogens (tertiary/aromatic N) is 2. The van der Waals surface area contributed by atoms with Crippen LogP contribution in [0.3, 0.4) is 0 Å². The van der Waals surface area contributed by atoms with Gasteiger partial charge in [0.2, 0.25) is 0 Å². The molecule has 17 heavy (non-hydrogen) atoms. The number of hydrogen-bond donors (Lipinski definition) is 2. The molecule has 0 saturated heterocycles. The molecule has 1 fully saturated rings. The summed E-state index contributed by atoms with van der Waals surface area (Å²) in [5.74, 6) is -0.112. The van der Waals surface area contributed by atoms with Crippen molar-refractivity contribution in [3.05, 3.63) is 23.2 Å². The molecule has 0 spiro atoms. The molecule has 2 N–H and O–H groups in total. The van der Waals surface area contributed by atoms with Gasteiger partial charge >= 0.3 is 0 Å². The van der Waals surface area contributed by atoms with E-state index >= 15 is 0 Å². The summed E-state index contributed by atoms with van der Waals surface area (Å²) in [5, 5.41) is 12.3. The van der Waals surface area contributed by atoms with Crippen molar-refractivity contribution in [1.29, 1.82) is 0 Å². The van der Waals surface area contributed by atoms with Crippen molar-refractivity contribution >= 4 is 17.5 Å². The van der Waals surface area contributed by atoms with Crippen LogP contribution in [-0.2, 0) is 0 Å². The number of carbonyl (C=O) groups excluding carboxylic acids is 1. The molecule has 2 unspecified atom stereocenters. The smallest absolute Gasteiger partial charge is 0.271 e. The van der Waals surface area contributed by atoms with Gasteiger partial charge in [-0.3, -0.25) is 4.79 Å². The molecule has 1 saturated carbocycles. The Balaban J connectivity index is 1.99. The van der Waals surface area contributed by atoms with E-state index in [2.05, 4.69) is 15.3 Å². The highest BCUT2D eigenvalue weighted by Gasteiger charge is 2.28. The number of amides is 1. The van der Waals surface area contributed by atoms with Gasteiger partial charge in [-0.05, 0) is 12.8 Å². The topological polar surface area (TPSA) is 75.1 Å². The number of halogens is 1. The van der Waals surface area contributed by atoms with E-state index in [1.807, 2.05) is 0 Å². The Labute approximate surface area is 104 Å². The predicted molar refractivity (Wildman–Crippen MR) is 62.7 cm³/mol. The summed E-state index contributed by atoms with van der Waals surface area (Å²) in [5.41, 5.74) is 0.248. The molecule has 0 bridgehead atoms. The Bertz CT molecular complexity index is 396. The van der Waals surface area contributed by atoms with Gasteiger partial charge in [0, 0.05) is 18.6 Å². The second-order valence-electron chi connectivity index (χ2n) is 4.18. The van der Waals surface area contributed by atoms with E-state index in [4.69, 9.17) is 16.7 Å². The van der Waals surface area contributed by atoms with Crippen LogP contribution in [0.2, 0.25) is 5.15 Å². The summed E-state index contributed by atoms with van der Waals surface area (Å²) >= 11 is 5.59. The van der Waals surface area contributed by atoms with Gasteiger partial charge in [-0.15, -0.1) is 0 Å². The molecule has 1 aliphatic carbocycles. The van der Waals surface area contributed by atoms with Crippen molar-refractivity contribution in [1.82, 2.24) is 15.3 Å².